The summed E-state index contributed by atoms with van der Waals surface area (Å²) in [5.74, 6) is -0.880. The number of aldehydes is 1. The molecule has 0 bridgehead atoms. The van der Waals surface area contributed by atoms with Gasteiger partial charge in [-0.15, -0.1) is 0 Å². The van der Waals surface area contributed by atoms with Crippen LogP contribution in [0.1, 0.15) is 20.7 Å². The summed E-state index contributed by atoms with van der Waals surface area (Å²) in [4.78, 5) is 27.9. The number of imidazole rings is 1. The Labute approximate surface area is 169 Å². The molecule has 3 aromatic carbocycles. The Morgan fingerprint density at radius 1 is 1.03 bits per heavy atom. The number of fused-ring (bicyclic) bond motifs is 1. The number of anilines is 2. The van der Waals surface area contributed by atoms with E-state index in [4.69, 9.17) is 5.21 Å². The highest BCUT2D eigenvalue weighted by molar-refractivity contribution is 6.08. The minimum Gasteiger partial charge on any atom is -0.426 e. The van der Waals surface area contributed by atoms with Crippen LogP contribution in [0, 0.1) is 5.82 Å². The highest BCUT2D eigenvalue weighted by Crippen LogP contribution is 2.26. The van der Waals surface area contributed by atoms with Gasteiger partial charge in [-0.2, -0.15) is 4.73 Å². The maximum absolute atomic E-state index is 13.2. The standard InChI is InChI=1S/C21H15FN4O4/c22-14-3-7-17(13(9-14)11-27)21(28)23-15-4-1-12(2-5-15)20-24-18-8-6-16(25-29)10-19(18)26(20)30/h1-11,25,29-30H,(H,23,28). The van der Waals surface area contributed by atoms with Crippen molar-refractivity contribution in [1.29, 1.82) is 0 Å². The van der Waals surface area contributed by atoms with E-state index in [-0.39, 0.29) is 17.0 Å². The van der Waals surface area contributed by atoms with Gasteiger partial charge >= 0.3 is 0 Å². The number of carbonyl (C=O) groups is 2. The molecule has 0 aliphatic rings. The molecule has 0 unspecified atom stereocenters. The number of nitrogens with zero attached hydrogens (tertiary/aromatic N) is 2. The van der Waals surface area contributed by atoms with Crippen LogP contribution in [0.15, 0.2) is 60.7 Å². The van der Waals surface area contributed by atoms with E-state index in [1.54, 1.807) is 36.4 Å². The lowest BCUT2D eigenvalue weighted by atomic mass is 10.1. The van der Waals surface area contributed by atoms with Crippen molar-refractivity contribution in [1.82, 2.24) is 9.71 Å². The maximum atomic E-state index is 13.2. The van der Waals surface area contributed by atoms with Crippen LogP contribution in [0.3, 0.4) is 0 Å². The molecule has 1 heterocycles. The van der Waals surface area contributed by atoms with Gasteiger partial charge in [-0.25, -0.2) is 9.37 Å². The van der Waals surface area contributed by atoms with E-state index >= 15 is 0 Å². The molecular weight excluding hydrogens is 391 g/mol. The molecule has 0 saturated carbocycles. The average molecular weight is 406 g/mol. The molecular formula is C21H15FN4O4. The van der Waals surface area contributed by atoms with Gasteiger partial charge < -0.3 is 10.5 Å². The van der Waals surface area contributed by atoms with E-state index in [9.17, 15) is 19.2 Å². The van der Waals surface area contributed by atoms with Gasteiger partial charge in [-0.3, -0.25) is 20.3 Å². The summed E-state index contributed by atoms with van der Waals surface area (Å²) in [5.41, 5.74) is 4.38. The third-order valence-electron chi connectivity index (χ3n) is 4.55. The molecule has 30 heavy (non-hydrogen) atoms. The smallest absolute Gasteiger partial charge is 0.256 e. The van der Waals surface area contributed by atoms with E-state index in [1.807, 2.05) is 5.48 Å². The largest absolute Gasteiger partial charge is 0.426 e. The second kappa shape index (κ2) is 7.64. The predicted molar refractivity (Wildman–Crippen MR) is 108 cm³/mol. The number of benzene rings is 3. The predicted octanol–water partition coefficient (Wildman–Crippen LogP) is 3.95. The monoisotopic (exact) mass is 406 g/mol. The van der Waals surface area contributed by atoms with Crippen molar-refractivity contribution in [2.45, 2.75) is 0 Å². The van der Waals surface area contributed by atoms with Crippen molar-refractivity contribution in [3.8, 4) is 11.4 Å². The summed E-state index contributed by atoms with van der Waals surface area (Å²) in [7, 11) is 0. The number of nitrogens with one attached hydrogen (secondary N) is 2. The molecule has 4 N–H and O–H groups in total. The Balaban J connectivity index is 1.59. The van der Waals surface area contributed by atoms with Gasteiger partial charge in [-0.1, -0.05) is 0 Å². The molecule has 0 fully saturated rings. The van der Waals surface area contributed by atoms with Crippen molar-refractivity contribution in [3.63, 3.8) is 0 Å². The van der Waals surface area contributed by atoms with Crippen LogP contribution in [0.25, 0.3) is 22.4 Å². The fourth-order valence-corrected chi connectivity index (χ4v) is 3.06. The highest BCUT2D eigenvalue weighted by atomic mass is 19.1. The molecule has 4 rings (SSSR count). The lowest BCUT2D eigenvalue weighted by Gasteiger charge is -2.08. The van der Waals surface area contributed by atoms with E-state index in [2.05, 4.69) is 10.3 Å². The van der Waals surface area contributed by atoms with Crippen molar-refractivity contribution < 1.29 is 24.4 Å². The van der Waals surface area contributed by atoms with Gasteiger partial charge in [0.15, 0.2) is 12.1 Å². The van der Waals surface area contributed by atoms with Crippen molar-refractivity contribution in [3.05, 3.63) is 77.6 Å². The van der Waals surface area contributed by atoms with Crippen LogP contribution >= 0.6 is 0 Å². The number of amides is 1. The molecule has 1 amide bonds. The first-order chi connectivity index (χ1) is 14.5. The van der Waals surface area contributed by atoms with Crippen LogP contribution in [-0.4, -0.2) is 32.3 Å². The second-order valence-corrected chi connectivity index (χ2v) is 6.44. The summed E-state index contributed by atoms with van der Waals surface area (Å²) >= 11 is 0. The number of aromatic nitrogens is 2. The van der Waals surface area contributed by atoms with E-state index in [1.165, 1.54) is 12.1 Å². The maximum Gasteiger partial charge on any atom is 0.256 e. The second-order valence-electron chi connectivity index (χ2n) is 6.44. The number of halogens is 1. The van der Waals surface area contributed by atoms with Crippen molar-refractivity contribution >= 4 is 34.6 Å². The third-order valence-corrected chi connectivity index (χ3v) is 4.55. The molecule has 9 heteroatoms. The minimum atomic E-state index is -0.605. The van der Waals surface area contributed by atoms with Crippen molar-refractivity contribution in [2.75, 3.05) is 10.8 Å². The Morgan fingerprint density at radius 2 is 1.77 bits per heavy atom. The lowest BCUT2D eigenvalue weighted by Crippen LogP contribution is -2.14. The van der Waals surface area contributed by atoms with Crippen LogP contribution in [0.5, 0.6) is 0 Å². The Morgan fingerprint density at radius 3 is 2.47 bits per heavy atom. The molecule has 0 atom stereocenters. The first kappa shape index (κ1) is 19.1. The normalized spacial score (nSPS) is 10.7. The molecule has 0 aliphatic heterocycles. The number of carbonyl (C=O) groups excluding carboxylic acids is 2. The molecule has 0 aliphatic carbocycles. The van der Waals surface area contributed by atoms with Crippen LogP contribution in [0.4, 0.5) is 15.8 Å². The summed E-state index contributed by atoms with van der Waals surface area (Å²) in [5, 5.41) is 22.1. The third kappa shape index (κ3) is 3.45. The first-order valence-electron chi connectivity index (χ1n) is 8.78. The molecule has 8 nitrogen and oxygen atoms in total. The van der Waals surface area contributed by atoms with Gasteiger partial charge in [0.2, 0.25) is 0 Å². The quantitative estimate of drug-likeness (QED) is 0.227. The van der Waals surface area contributed by atoms with E-state index in [0.717, 1.165) is 16.9 Å². The average Bonchev–Trinajstić information content (AvgIpc) is 3.09. The number of rotatable bonds is 5. The van der Waals surface area contributed by atoms with Gasteiger partial charge in [0.05, 0.1) is 16.8 Å². The zero-order chi connectivity index (χ0) is 21.3. The molecule has 0 radical (unpaired) electrons. The van der Waals surface area contributed by atoms with Crippen molar-refractivity contribution in [2.24, 2.45) is 0 Å². The number of hydrogen-bond donors (Lipinski definition) is 4. The molecule has 0 spiro atoms. The fraction of sp³-hybridized carbons (Fsp3) is 0. The molecule has 0 saturated heterocycles. The highest BCUT2D eigenvalue weighted by Gasteiger charge is 2.15. The molecule has 4 aromatic rings. The topological polar surface area (TPSA) is 116 Å². The summed E-state index contributed by atoms with van der Waals surface area (Å²) in [6.45, 7) is 0. The van der Waals surface area contributed by atoms with Crippen LogP contribution in [-0.2, 0) is 0 Å². The van der Waals surface area contributed by atoms with E-state index < -0.39 is 11.7 Å². The number of hydrogen-bond acceptors (Lipinski definition) is 6. The fourth-order valence-electron chi connectivity index (χ4n) is 3.06. The zero-order valence-electron chi connectivity index (χ0n) is 15.3. The minimum absolute atomic E-state index is 0.0464. The summed E-state index contributed by atoms with van der Waals surface area (Å²) in [6.07, 6.45) is 0.421. The summed E-state index contributed by atoms with van der Waals surface area (Å²) in [6, 6.07) is 14.7. The van der Waals surface area contributed by atoms with Crippen LogP contribution in [0.2, 0.25) is 0 Å². The Bertz CT molecular complexity index is 1270. The van der Waals surface area contributed by atoms with E-state index in [0.29, 0.717) is 34.3 Å². The molecule has 150 valence electrons. The van der Waals surface area contributed by atoms with Gasteiger partial charge in [0.25, 0.3) is 5.91 Å². The summed E-state index contributed by atoms with van der Waals surface area (Å²) < 4.78 is 14.1. The van der Waals surface area contributed by atoms with Gasteiger partial charge in [0.1, 0.15) is 11.3 Å². The Kier molecular flexibility index (Phi) is 4.87. The van der Waals surface area contributed by atoms with Crippen LogP contribution < -0.4 is 10.8 Å². The SMILES string of the molecule is O=Cc1cc(F)ccc1C(=O)Nc1ccc(-c2nc3ccc(NO)cc3n2O)cc1. The van der Waals surface area contributed by atoms with Gasteiger partial charge in [-0.05, 0) is 60.7 Å². The zero-order valence-corrected chi connectivity index (χ0v) is 15.3. The van der Waals surface area contributed by atoms with Gasteiger partial charge in [0, 0.05) is 16.8 Å². The Hall–Kier alpha value is -4.24. The lowest BCUT2D eigenvalue weighted by molar-refractivity contribution is 0.101. The first-order valence-corrected chi connectivity index (χ1v) is 8.78. The molecule has 1 aromatic heterocycles.